The molecule has 82 valence electrons. The van der Waals surface area contributed by atoms with Crippen molar-refractivity contribution in [1.29, 1.82) is 0 Å². The SMILES string of the molecule is CC1CC(O)(c2ccc(Br)c(Cl)c2F)C1. The maximum atomic E-state index is 13.8. The lowest BCUT2D eigenvalue weighted by atomic mass is 9.68. The highest BCUT2D eigenvalue weighted by atomic mass is 79.9. The first-order chi connectivity index (χ1) is 6.94. The Kier molecular flexibility index (Phi) is 2.82. The van der Waals surface area contributed by atoms with Crippen molar-refractivity contribution in [3.8, 4) is 0 Å². The number of halogens is 3. The zero-order chi connectivity index (χ0) is 11.2. The van der Waals surface area contributed by atoms with E-state index in [-0.39, 0.29) is 5.02 Å². The molecule has 1 aliphatic carbocycles. The smallest absolute Gasteiger partial charge is 0.149 e. The Balaban J connectivity index is 2.42. The predicted octanol–water partition coefficient (Wildman–Crippen LogP) is 3.86. The number of hydrogen-bond acceptors (Lipinski definition) is 1. The van der Waals surface area contributed by atoms with Gasteiger partial charge < -0.3 is 5.11 Å². The van der Waals surface area contributed by atoms with Crippen molar-refractivity contribution in [3.05, 3.63) is 33.0 Å². The van der Waals surface area contributed by atoms with Crippen LogP contribution in [0.5, 0.6) is 0 Å². The second-order valence-corrected chi connectivity index (χ2v) is 5.50. The van der Waals surface area contributed by atoms with E-state index in [0.29, 0.717) is 28.8 Å². The maximum Gasteiger partial charge on any atom is 0.149 e. The fourth-order valence-electron chi connectivity index (χ4n) is 2.20. The molecule has 0 heterocycles. The molecule has 0 spiro atoms. The van der Waals surface area contributed by atoms with E-state index in [2.05, 4.69) is 15.9 Å². The van der Waals surface area contributed by atoms with E-state index in [1.165, 1.54) is 0 Å². The highest BCUT2D eigenvalue weighted by Gasteiger charge is 2.43. The average Bonchev–Trinajstić information content (AvgIpc) is 2.12. The molecular formula is C11H11BrClFO. The average molecular weight is 294 g/mol. The van der Waals surface area contributed by atoms with Crippen LogP contribution in [0.3, 0.4) is 0 Å². The molecule has 15 heavy (non-hydrogen) atoms. The Morgan fingerprint density at radius 1 is 1.53 bits per heavy atom. The van der Waals surface area contributed by atoms with E-state index in [0.717, 1.165) is 0 Å². The summed E-state index contributed by atoms with van der Waals surface area (Å²) < 4.78 is 14.3. The van der Waals surface area contributed by atoms with Crippen LogP contribution in [0.4, 0.5) is 4.39 Å². The van der Waals surface area contributed by atoms with Crippen molar-refractivity contribution < 1.29 is 9.50 Å². The molecule has 0 amide bonds. The van der Waals surface area contributed by atoms with Crippen LogP contribution in [-0.4, -0.2) is 5.11 Å². The Labute approximate surface area is 101 Å². The van der Waals surface area contributed by atoms with Gasteiger partial charge in [-0.2, -0.15) is 0 Å². The fourth-order valence-corrected chi connectivity index (χ4v) is 2.67. The van der Waals surface area contributed by atoms with Gasteiger partial charge in [-0.1, -0.05) is 24.6 Å². The Bertz CT molecular complexity index is 402. The summed E-state index contributed by atoms with van der Waals surface area (Å²) in [7, 11) is 0. The van der Waals surface area contributed by atoms with E-state index < -0.39 is 11.4 Å². The van der Waals surface area contributed by atoms with Crippen LogP contribution in [-0.2, 0) is 5.60 Å². The van der Waals surface area contributed by atoms with E-state index in [9.17, 15) is 9.50 Å². The molecular weight excluding hydrogens is 282 g/mol. The van der Waals surface area contributed by atoms with Crippen molar-refractivity contribution >= 4 is 27.5 Å². The van der Waals surface area contributed by atoms with Gasteiger partial charge >= 0.3 is 0 Å². The lowest BCUT2D eigenvalue weighted by Gasteiger charge is -2.42. The molecule has 2 rings (SSSR count). The molecule has 4 heteroatoms. The summed E-state index contributed by atoms with van der Waals surface area (Å²) in [4.78, 5) is 0. The summed E-state index contributed by atoms with van der Waals surface area (Å²) in [6.45, 7) is 2.03. The van der Waals surface area contributed by atoms with E-state index in [1.54, 1.807) is 12.1 Å². The van der Waals surface area contributed by atoms with Crippen molar-refractivity contribution in [2.75, 3.05) is 0 Å². The van der Waals surface area contributed by atoms with Gasteiger partial charge in [-0.25, -0.2) is 4.39 Å². The molecule has 1 fully saturated rings. The quantitative estimate of drug-likeness (QED) is 0.780. The van der Waals surface area contributed by atoms with E-state index >= 15 is 0 Å². The largest absolute Gasteiger partial charge is 0.385 e. The van der Waals surface area contributed by atoms with Crippen LogP contribution in [0.1, 0.15) is 25.3 Å². The van der Waals surface area contributed by atoms with Crippen molar-refractivity contribution in [2.45, 2.75) is 25.4 Å². The van der Waals surface area contributed by atoms with E-state index in [1.807, 2.05) is 6.92 Å². The number of aliphatic hydroxyl groups is 1. The third kappa shape index (κ3) is 1.81. The predicted molar refractivity (Wildman–Crippen MR) is 61.4 cm³/mol. The summed E-state index contributed by atoms with van der Waals surface area (Å²) in [5.41, 5.74) is -0.706. The van der Waals surface area contributed by atoms with Gasteiger partial charge in [-0.15, -0.1) is 0 Å². The first-order valence-corrected chi connectivity index (χ1v) is 5.97. The molecule has 1 aliphatic rings. The first-order valence-electron chi connectivity index (χ1n) is 4.80. The molecule has 0 saturated heterocycles. The highest BCUT2D eigenvalue weighted by molar-refractivity contribution is 9.10. The molecule has 0 aromatic heterocycles. The lowest BCUT2D eigenvalue weighted by molar-refractivity contribution is -0.0763. The van der Waals surface area contributed by atoms with Crippen molar-refractivity contribution in [1.82, 2.24) is 0 Å². The minimum atomic E-state index is -1.02. The van der Waals surface area contributed by atoms with Gasteiger partial charge in [0.1, 0.15) is 5.82 Å². The van der Waals surface area contributed by atoms with Crippen LogP contribution in [0, 0.1) is 11.7 Å². The van der Waals surface area contributed by atoms with Crippen LogP contribution < -0.4 is 0 Å². The molecule has 1 aromatic carbocycles. The maximum absolute atomic E-state index is 13.8. The number of rotatable bonds is 1. The highest BCUT2D eigenvalue weighted by Crippen LogP contribution is 2.47. The molecule has 0 bridgehead atoms. The van der Waals surface area contributed by atoms with E-state index in [4.69, 9.17) is 11.6 Å². The zero-order valence-corrected chi connectivity index (χ0v) is 10.6. The lowest BCUT2D eigenvalue weighted by Crippen LogP contribution is -2.40. The minimum absolute atomic E-state index is 0.0421. The summed E-state index contributed by atoms with van der Waals surface area (Å²) in [5, 5.41) is 10.2. The third-order valence-electron chi connectivity index (χ3n) is 2.91. The summed E-state index contributed by atoms with van der Waals surface area (Å²) in [5.74, 6) is -0.0720. The Morgan fingerprint density at radius 3 is 2.67 bits per heavy atom. The molecule has 0 unspecified atom stereocenters. The van der Waals surface area contributed by atoms with Gasteiger partial charge in [0.25, 0.3) is 0 Å². The molecule has 1 saturated carbocycles. The van der Waals surface area contributed by atoms with Crippen molar-refractivity contribution in [3.63, 3.8) is 0 Å². The first kappa shape index (κ1) is 11.4. The second kappa shape index (κ2) is 3.72. The van der Waals surface area contributed by atoms with Crippen molar-refractivity contribution in [2.24, 2.45) is 5.92 Å². The molecule has 1 aromatic rings. The fraction of sp³-hybridized carbons (Fsp3) is 0.455. The molecule has 1 N–H and O–H groups in total. The molecule has 0 radical (unpaired) electrons. The van der Waals surface area contributed by atoms with Gasteiger partial charge in [0.15, 0.2) is 0 Å². The molecule has 0 aliphatic heterocycles. The van der Waals surface area contributed by atoms with Crippen LogP contribution in [0.2, 0.25) is 5.02 Å². The van der Waals surface area contributed by atoms with Gasteiger partial charge in [-0.05, 0) is 40.8 Å². The number of benzene rings is 1. The summed E-state index contributed by atoms with van der Waals surface area (Å²) in [6, 6.07) is 3.26. The second-order valence-electron chi connectivity index (χ2n) is 4.27. The number of hydrogen-bond donors (Lipinski definition) is 1. The standard InChI is InChI=1S/C11H11BrClFO/c1-6-4-11(15,5-6)7-2-3-8(12)9(13)10(7)14/h2-3,6,15H,4-5H2,1H3. The monoisotopic (exact) mass is 292 g/mol. The normalized spacial score (nSPS) is 30.1. The van der Waals surface area contributed by atoms with Gasteiger partial charge in [-0.3, -0.25) is 0 Å². The molecule has 0 atom stereocenters. The van der Waals surface area contributed by atoms with Crippen LogP contribution in [0.25, 0.3) is 0 Å². The molecule has 1 nitrogen and oxygen atoms in total. The minimum Gasteiger partial charge on any atom is -0.385 e. The van der Waals surface area contributed by atoms with Gasteiger partial charge in [0.05, 0.1) is 10.6 Å². The van der Waals surface area contributed by atoms with Gasteiger partial charge in [0.2, 0.25) is 0 Å². The summed E-state index contributed by atoms with van der Waals surface area (Å²) in [6.07, 6.45) is 1.20. The Hall–Kier alpha value is -0.120. The zero-order valence-electron chi connectivity index (χ0n) is 8.23. The summed E-state index contributed by atoms with van der Waals surface area (Å²) >= 11 is 8.92. The Morgan fingerprint density at radius 2 is 2.13 bits per heavy atom. The van der Waals surface area contributed by atoms with Crippen LogP contribution >= 0.6 is 27.5 Å². The topological polar surface area (TPSA) is 20.2 Å². The third-order valence-corrected chi connectivity index (χ3v) is 4.17. The van der Waals surface area contributed by atoms with Gasteiger partial charge in [0, 0.05) is 10.0 Å². The van der Waals surface area contributed by atoms with Crippen LogP contribution in [0.15, 0.2) is 16.6 Å².